The molecule has 0 saturated carbocycles. The molecule has 0 spiro atoms. The fourth-order valence-corrected chi connectivity index (χ4v) is 3.25. The highest BCUT2D eigenvalue weighted by Gasteiger charge is 2.19. The molecule has 1 fully saturated rings. The van der Waals surface area contributed by atoms with Crippen molar-refractivity contribution in [2.24, 2.45) is 5.92 Å². The molecule has 0 aliphatic carbocycles. The van der Waals surface area contributed by atoms with Crippen LogP contribution in [0.5, 0.6) is 0 Å². The van der Waals surface area contributed by atoms with Gasteiger partial charge in [-0.25, -0.2) is 0 Å². The minimum absolute atomic E-state index is 0.602. The summed E-state index contributed by atoms with van der Waals surface area (Å²) in [7, 11) is 0. The first-order chi connectivity index (χ1) is 9.56. The number of aryl methyl sites for hydroxylation is 1. The van der Waals surface area contributed by atoms with Gasteiger partial charge in [-0.1, -0.05) is 28.1 Å². The van der Waals surface area contributed by atoms with Gasteiger partial charge >= 0.3 is 0 Å². The molecule has 1 aromatic rings. The Bertz CT molecular complexity index is 425. The lowest BCUT2D eigenvalue weighted by Crippen LogP contribution is -2.39. The Morgan fingerprint density at radius 2 is 2.00 bits per heavy atom. The predicted octanol–water partition coefficient (Wildman–Crippen LogP) is 3.97. The van der Waals surface area contributed by atoms with E-state index in [-0.39, 0.29) is 0 Å². The molecule has 0 bridgehead atoms. The summed E-state index contributed by atoms with van der Waals surface area (Å²) >= 11 is 3.64. The predicted molar refractivity (Wildman–Crippen MR) is 90.0 cm³/mol. The van der Waals surface area contributed by atoms with Crippen LogP contribution >= 0.6 is 15.9 Å². The molecular formula is C17H27BrN2. The van der Waals surface area contributed by atoms with Crippen LogP contribution in [-0.4, -0.2) is 30.6 Å². The van der Waals surface area contributed by atoms with Gasteiger partial charge in [0.25, 0.3) is 0 Å². The van der Waals surface area contributed by atoms with Gasteiger partial charge in [0.1, 0.15) is 0 Å². The van der Waals surface area contributed by atoms with Crippen LogP contribution in [0.25, 0.3) is 0 Å². The van der Waals surface area contributed by atoms with Crippen LogP contribution in [0.1, 0.15) is 37.8 Å². The minimum atomic E-state index is 0.602. The van der Waals surface area contributed by atoms with Crippen molar-refractivity contribution < 1.29 is 0 Å². The van der Waals surface area contributed by atoms with Gasteiger partial charge in [-0.05, 0) is 69.8 Å². The second-order valence-electron chi connectivity index (χ2n) is 6.30. The molecular weight excluding hydrogens is 312 g/mol. The maximum Gasteiger partial charge on any atom is 0.0236 e. The number of hydrogen-bond donors (Lipinski definition) is 1. The summed E-state index contributed by atoms with van der Waals surface area (Å²) in [4.78, 5) is 2.62. The molecule has 0 radical (unpaired) electrons. The van der Waals surface area contributed by atoms with E-state index >= 15 is 0 Å². The van der Waals surface area contributed by atoms with Crippen LogP contribution in [-0.2, 0) is 6.54 Å². The van der Waals surface area contributed by atoms with Gasteiger partial charge in [0.2, 0.25) is 0 Å². The lowest BCUT2D eigenvalue weighted by Gasteiger charge is -2.33. The summed E-state index contributed by atoms with van der Waals surface area (Å²) in [6.45, 7) is 11.4. The topological polar surface area (TPSA) is 15.3 Å². The standard InChI is InChI=1S/C17H27BrN2/c1-13(2)20(11-15-6-8-19-9-7-15)12-16-5-4-14(3)17(18)10-16/h4-5,10,13,15,19H,6-9,11-12H2,1-3H3. The lowest BCUT2D eigenvalue weighted by atomic mass is 9.96. The Morgan fingerprint density at radius 1 is 1.30 bits per heavy atom. The van der Waals surface area contributed by atoms with Gasteiger partial charge in [0.05, 0.1) is 0 Å². The van der Waals surface area contributed by atoms with Crippen molar-refractivity contribution in [1.29, 1.82) is 0 Å². The third kappa shape index (κ3) is 4.57. The zero-order valence-corrected chi connectivity index (χ0v) is 14.5. The molecule has 20 heavy (non-hydrogen) atoms. The second-order valence-corrected chi connectivity index (χ2v) is 7.15. The van der Waals surface area contributed by atoms with Crippen LogP contribution in [0, 0.1) is 12.8 Å². The van der Waals surface area contributed by atoms with Crippen LogP contribution in [0.15, 0.2) is 22.7 Å². The Hall–Kier alpha value is -0.380. The molecule has 112 valence electrons. The number of rotatable bonds is 5. The number of benzene rings is 1. The molecule has 0 unspecified atom stereocenters. The Morgan fingerprint density at radius 3 is 2.60 bits per heavy atom. The molecule has 1 aliphatic heterocycles. The average Bonchev–Trinajstić information content (AvgIpc) is 2.43. The van der Waals surface area contributed by atoms with E-state index in [1.165, 1.54) is 48.1 Å². The van der Waals surface area contributed by atoms with E-state index in [0.717, 1.165) is 12.5 Å². The highest BCUT2D eigenvalue weighted by Crippen LogP contribution is 2.21. The van der Waals surface area contributed by atoms with E-state index in [4.69, 9.17) is 0 Å². The number of nitrogens with zero attached hydrogens (tertiary/aromatic N) is 1. The maximum absolute atomic E-state index is 3.64. The van der Waals surface area contributed by atoms with Crippen molar-refractivity contribution in [2.45, 2.75) is 46.2 Å². The molecule has 0 atom stereocenters. The van der Waals surface area contributed by atoms with E-state index in [1.807, 2.05) is 0 Å². The number of halogens is 1. The summed E-state index contributed by atoms with van der Waals surface area (Å²) < 4.78 is 1.22. The summed E-state index contributed by atoms with van der Waals surface area (Å²) in [6, 6.07) is 7.35. The number of nitrogens with one attached hydrogen (secondary N) is 1. The van der Waals surface area contributed by atoms with Crippen LogP contribution in [0.2, 0.25) is 0 Å². The molecule has 1 aliphatic rings. The number of piperidine rings is 1. The smallest absolute Gasteiger partial charge is 0.0236 e. The molecule has 0 aromatic heterocycles. The van der Waals surface area contributed by atoms with Crippen LogP contribution in [0.3, 0.4) is 0 Å². The third-order valence-electron chi connectivity index (χ3n) is 4.30. The van der Waals surface area contributed by atoms with Gasteiger partial charge in [-0.2, -0.15) is 0 Å². The van der Waals surface area contributed by atoms with Crippen molar-refractivity contribution >= 4 is 15.9 Å². The SMILES string of the molecule is Cc1ccc(CN(CC2CCNCC2)C(C)C)cc1Br. The molecule has 1 N–H and O–H groups in total. The quantitative estimate of drug-likeness (QED) is 0.873. The first kappa shape index (κ1) is 16.0. The van der Waals surface area contributed by atoms with Crippen molar-refractivity contribution in [3.8, 4) is 0 Å². The molecule has 1 heterocycles. The minimum Gasteiger partial charge on any atom is -0.317 e. The van der Waals surface area contributed by atoms with E-state index in [1.54, 1.807) is 0 Å². The molecule has 1 aromatic carbocycles. The summed E-state index contributed by atoms with van der Waals surface area (Å²) in [6.07, 6.45) is 2.64. The Labute approximate surface area is 132 Å². The van der Waals surface area contributed by atoms with Gasteiger partial charge in [0, 0.05) is 23.6 Å². The van der Waals surface area contributed by atoms with Gasteiger partial charge in [-0.15, -0.1) is 0 Å². The normalized spacial score (nSPS) is 17.1. The van der Waals surface area contributed by atoms with Crippen molar-refractivity contribution in [3.05, 3.63) is 33.8 Å². The van der Waals surface area contributed by atoms with Crippen molar-refractivity contribution in [3.63, 3.8) is 0 Å². The first-order valence-electron chi connectivity index (χ1n) is 7.76. The maximum atomic E-state index is 3.64. The Kier molecular flexibility index (Phi) is 6.06. The monoisotopic (exact) mass is 338 g/mol. The number of hydrogen-bond acceptors (Lipinski definition) is 2. The van der Waals surface area contributed by atoms with Gasteiger partial charge in [0.15, 0.2) is 0 Å². The highest BCUT2D eigenvalue weighted by atomic mass is 79.9. The van der Waals surface area contributed by atoms with E-state index in [2.05, 4.69) is 65.1 Å². The zero-order valence-electron chi connectivity index (χ0n) is 13.0. The second kappa shape index (κ2) is 7.58. The van der Waals surface area contributed by atoms with Crippen LogP contribution in [0.4, 0.5) is 0 Å². The van der Waals surface area contributed by atoms with Crippen LogP contribution < -0.4 is 5.32 Å². The summed E-state index contributed by atoms with van der Waals surface area (Å²) in [5.41, 5.74) is 2.72. The van der Waals surface area contributed by atoms with E-state index < -0.39 is 0 Å². The average molecular weight is 339 g/mol. The van der Waals surface area contributed by atoms with Crippen molar-refractivity contribution in [1.82, 2.24) is 10.2 Å². The van der Waals surface area contributed by atoms with Gasteiger partial charge < -0.3 is 5.32 Å². The van der Waals surface area contributed by atoms with Gasteiger partial charge in [-0.3, -0.25) is 4.90 Å². The zero-order chi connectivity index (χ0) is 14.5. The van der Waals surface area contributed by atoms with E-state index in [0.29, 0.717) is 6.04 Å². The molecule has 2 rings (SSSR count). The first-order valence-corrected chi connectivity index (χ1v) is 8.55. The Balaban J connectivity index is 1.99. The highest BCUT2D eigenvalue weighted by molar-refractivity contribution is 9.10. The fourth-order valence-electron chi connectivity index (χ4n) is 2.82. The lowest BCUT2D eigenvalue weighted by molar-refractivity contribution is 0.162. The fraction of sp³-hybridized carbons (Fsp3) is 0.647. The summed E-state index contributed by atoms with van der Waals surface area (Å²) in [5.74, 6) is 0.854. The van der Waals surface area contributed by atoms with E-state index in [9.17, 15) is 0 Å². The van der Waals surface area contributed by atoms with Crippen molar-refractivity contribution in [2.75, 3.05) is 19.6 Å². The third-order valence-corrected chi connectivity index (χ3v) is 5.16. The largest absolute Gasteiger partial charge is 0.317 e. The molecule has 2 nitrogen and oxygen atoms in total. The molecule has 0 amide bonds. The molecule has 3 heteroatoms. The molecule has 1 saturated heterocycles. The summed E-state index contributed by atoms with van der Waals surface area (Å²) in [5, 5.41) is 3.46.